The number of anilines is 1. The van der Waals surface area contributed by atoms with Gasteiger partial charge in [-0.05, 0) is 51.8 Å². The summed E-state index contributed by atoms with van der Waals surface area (Å²) in [6.45, 7) is 5.95. The maximum atomic E-state index is 12.4. The molecule has 1 heterocycles. The van der Waals surface area contributed by atoms with Crippen molar-refractivity contribution in [3.8, 4) is 0 Å². The highest BCUT2D eigenvalue weighted by Crippen LogP contribution is 2.18. The summed E-state index contributed by atoms with van der Waals surface area (Å²) in [6.07, 6.45) is 5.38. The number of amides is 1. The minimum Gasteiger partial charge on any atom is -0.314 e. The predicted octanol–water partition coefficient (Wildman–Crippen LogP) is 3.27. The standard InChI is InChI=1S/C17H26N2O/c1-3-19(16-10-7-14(2)8-11-16)17(20)12-9-15-6-4-5-13-18-15/h7-8,10-11,15,18H,3-6,9,12-13H2,1-2H3. The summed E-state index contributed by atoms with van der Waals surface area (Å²) >= 11 is 0. The maximum absolute atomic E-state index is 12.4. The van der Waals surface area contributed by atoms with Crippen LogP contribution in [0.25, 0.3) is 0 Å². The molecule has 0 aliphatic carbocycles. The van der Waals surface area contributed by atoms with Crippen LogP contribution in [0.1, 0.15) is 44.6 Å². The number of benzene rings is 1. The Balaban J connectivity index is 1.89. The van der Waals surface area contributed by atoms with E-state index in [4.69, 9.17) is 0 Å². The summed E-state index contributed by atoms with van der Waals surface area (Å²) in [5, 5.41) is 3.51. The van der Waals surface area contributed by atoms with Gasteiger partial charge in [-0.25, -0.2) is 0 Å². The molecule has 1 saturated heterocycles. The molecule has 1 atom stereocenters. The van der Waals surface area contributed by atoms with E-state index in [1.807, 2.05) is 24.0 Å². The van der Waals surface area contributed by atoms with Gasteiger partial charge in [0.25, 0.3) is 0 Å². The van der Waals surface area contributed by atoms with E-state index in [-0.39, 0.29) is 5.91 Å². The van der Waals surface area contributed by atoms with E-state index in [0.29, 0.717) is 12.5 Å². The Morgan fingerprint density at radius 2 is 2.05 bits per heavy atom. The van der Waals surface area contributed by atoms with Gasteiger partial charge >= 0.3 is 0 Å². The number of aryl methyl sites for hydroxylation is 1. The van der Waals surface area contributed by atoms with Gasteiger partial charge in [0, 0.05) is 24.7 Å². The molecule has 0 saturated carbocycles. The van der Waals surface area contributed by atoms with Crippen LogP contribution in [0.4, 0.5) is 5.69 Å². The van der Waals surface area contributed by atoms with Crippen molar-refractivity contribution < 1.29 is 4.79 Å². The van der Waals surface area contributed by atoms with Gasteiger partial charge in [-0.2, -0.15) is 0 Å². The number of carbonyl (C=O) groups is 1. The second kappa shape index (κ2) is 7.44. The van der Waals surface area contributed by atoms with Crippen LogP contribution < -0.4 is 10.2 Å². The van der Waals surface area contributed by atoms with Crippen molar-refractivity contribution in [2.75, 3.05) is 18.0 Å². The monoisotopic (exact) mass is 274 g/mol. The van der Waals surface area contributed by atoms with Crippen molar-refractivity contribution in [2.24, 2.45) is 0 Å². The largest absolute Gasteiger partial charge is 0.314 e. The van der Waals surface area contributed by atoms with E-state index in [9.17, 15) is 4.79 Å². The molecule has 1 aliphatic rings. The summed E-state index contributed by atoms with van der Waals surface area (Å²) in [5.41, 5.74) is 2.24. The van der Waals surface area contributed by atoms with Gasteiger partial charge in [0.2, 0.25) is 5.91 Å². The average Bonchev–Trinajstić information content (AvgIpc) is 2.49. The third kappa shape index (κ3) is 4.07. The van der Waals surface area contributed by atoms with Crippen molar-refractivity contribution in [3.05, 3.63) is 29.8 Å². The van der Waals surface area contributed by atoms with Crippen LogP contribution in [-0.4, -0.2) is 25.0 Å². The second-order valence-corrected chi connectivity index (χ2v) is 5.66. The first-order valence-electron chi connectivity index (χ1n) is 7.81. The molecule has 2 rings (SSSR count). The molecular weight excluding hydrogens is 248 g/mol. The molecule has 1 N–H and O–H groups in total. The Morgan fingerprint density at radius 1 is 1.30 bits per heavy atom. The van der Waals surface area contributed by atoms with E-state index in [1.54, 1.807) is 0 Å². The number of nitrogens with zero attached hydrogens (tertiary/aromatic N) is 1. The highest BCUT2D eigenvalue weighted by Gasteiger charge is 2.17. The van der Waals surface area contributed by atoms with Gasteiger partial charge in [-0.15, -0.1) is 0 Å². The molecule has 0 spiro atoms. The number of rotatable bonds is 5. The lowest BCUT2D eigenvalue weighted by molar-refractivity contribution is -0.118. The summed E-state index contributed by atoms with van der Waals surface area (Å²) in [7, 11) is 0. The van der Waals surface area contributed by atoms with Crippen LogP contribution in [0.2, 0.25) is 0 Å². The Labute approximate surface area is 122 Å². The molecule has 1 fully saturated rings. The molecule has 1 unspecified atom stereocenters. The molecule has 0 bridgehead atoms. The van der Waals surface area contributed by atoms with Crippen LogP contribution >= 0.6 is 0 Å². The highest BCUT2D eigenvalue weighted by atomic mass is 16.2. The summed E-state index contributed by atoms with van der Waals surface area (Å²) in [4.78, 5) is 14.3. The molecule has 1 aromatic carbocycles. The van der Waals surface area contributed by atoms with Gasteiger partial charge in [0.05, 0.1) is 0 Å². The number of nitrogens with one attached hydrogen (secondary N) is 1. The Hall–Kier alpha value is -1.35. The number of piperidine rings is 1. The van der Waals surface area contributed by atoms with Crippen LogP contribution in [0.15, 0.2) is 24.3 Å². The lowest BCUT2D eigenvalue weighted by Crippen LogP contribution is -2.36. The zero-order chi connectivity index (χ0) is 14.4. The van der Waals surface area contributed by atoms with E-state index in [1.165, 1.54) is 24.8 Å². The van der Waals surface area contributed by atoms with Crippen LogP contribution in [0.3, 0.4) is 0 Å². The third-order valence-corrected chi connectivity index (χ3v) is 4.08. The smallest absolute Gasteiger partial charge is 0.227 e. The second-order valence-electron chi connectivity index (χ2n) is 5.66. The fourth-order valence-corrected chi connectivity index (χ4v) is 2.83. The van der Waals surface area contributed by atoms with Crippen molar-refractivity contribution >= 4 is 11.6 Å². The van der Waals surface area contributed by atoms with Crippen LogP contribution in [-0.2, 0) is 4.79 Å². The van der Waals surface area contributed by atoms with Crippen LogP contribution in [0, 0.1) is 6.92 Å². The number of carbonyl (C=O) groups excluding carboxylic acids is 1. The molecular formula is C17H26N2O. The van der Waals surface area contributed by atoms with Gasteiger partial charge < -0.3 is 10.2 Å². The topological polar surface area (TPSA) is 32.3 Å². The number of hydrogen-bond acceptors (Lipinski definition) is 2. The summed E-state index contributed by atoms with van der Waals surface area (Å²) in [6, 6.07) is 8.73. The van der Waals surface area contributed by atoms with Crippen molar-refractivity contribution in [1.82, 2.24) is 5.32 Å². The van der Waals surface area contributed by atoms with Gasteiger partial charge in [-0.3, -0.25) is 4.79 Å². The zero-order valence-electron chi connectivity index (χ0n) is 12.7. The van der Waals surface area contributed by atoms with E-state index in [2.05, 4.69) is 24.4 Å². The highest BCUT2D eigenvalue weighted by molar-refractivity contribution is 5.93. The fraction of sp³-hybridized carbons (Fsp3) is 0.588. The first-order valence-corrected chi connectivity index (χ1v) is 7.81. The van der Waals surface area contributed by atoms with Crippen molar-refractivity contribution in [2.45, 2.75) is 52.0 Å². The molecule has 0 aromatic heterocycles. The van der Waals surface area contributed by atoms with E-state index < -0.39 is 0 Å². The molecule has 1 amide bonds. The normalized spacial score (nSPS) is 18.8. The number of hydrogen-bond donors (Lipinski definition) is 1. The van der Waals surface area contributed by atoms with Crippen molar-refractivity contribution in [3.63, 3.8) is 0 Å². The average molecular weight is 274 g/mol. The summed E-state index contributed by atoms with van der Waals surface area (Å²) < 4.78 is 0. The molecule has 3 nitrogen and oxygen atoms in total. The van der Waals surface area contributed by atoms with Gasteiger partial charge in [0.15, 0.2) is 0 Å². The minimum atomic E-state index is 0.240. The Bertz CT molecular complexity index is 421. The van der Waals surface area contributed by atoms with E-state index in [0.717, 1.165) is 25.2 Å². The van der Waals surface area contributed by atoms with Crippen LogP contribution in [0.5, 0.6) is 0 Å². The first kappa shape index (κ1) is 15.0. The summed E-state index contributed by atoms with van der Waals surface area (Å²) in [5.74, 6) is 0.240. The third-order valence-electron chi connectivity index (χ3n) is 4.08. The quantitative estimate of drug-likeness (QED) is 0.893. The molecule has 110 valence electrons. The SMILES string of the molecule is CCN(C(=O)CCC1CCCCN1)c1ccc(C)cc1. The predicted molar refractivity (Wildman–Crippen MR) is 84.1 cm³/mol. The minimum absolute atomic E-state index is 0.240. The van der Waals surface area contributed by atoms with E-state index >= 15 is 0 Å². The zero-order valence-corrected chi connectivity index (χ0v) is 12.7. The molecule has 1 aliphatic heterocycles. The maximum Gasteiger partial charge on any atom is 0.227 e. The fourth-order valence-electron chi connectivity index (χ4n) is 2.83. The lowest BCUT2D eigenvalue weighted by atomic mass is 10.0. The van der Waals surface area contributed by atoms with Crippen molar-refractivity contribution in [1.29, 1.82) is 0 Å². The molecule has 1 aromatic rings. The lowest BCUT2D eigenvalue weighted by Gasteiger charge is -2.25. The first-order chi connectivity index (χ1) is 9.70. The van der Waals surface area contributed by atoms with Gasteiger partial charge in [0.1, 0.15) is 0 Å². The molecule has 20 heavy (non-hydrogen) atoms. The molecule has 3 heteroatoms. The Kier molecular flexibility index (Phi) is 5.60. The Morgan fingerprint density at radius 3 is 2.65 bits per heavy atom. The molecule has 0 radical (unpaired) electrons. The van der Waals surface area contributed by atoms with Gasteiger partial charge in [-0.1, -0.05) is 24.1 Å².